The summed E-state index contributed by atoms with van der Waals surface area (Å²) in [7, 11) is 0. The van der Waals surface area contributed by atoms with E-state index >= 15 is 0 Å². The van der Waals surface area contributed by atoms with Crippen LogP contribution in [0.25, 0.3) is 0 Å². The fraction of sp³-hybridized carbons (Fsp3) is 0.412. The average molecular weight is 467 g/mol. The fourth-order valence-electron chi connectivity index (χ4n) is 2.66. The van der Waals surface area contributed by atoms with Crippen molar-refractivity contribution in [2.75, 3.05) is 36.5 Å². The van der Waals surface area contributed by atoms with Gasteiger partial charge in [-0.1, -0.05) is 0 Å². The van der Waals surface area contributed by atoms with E-state index in [1.165, 1.54) is 0 Å². The van der Waals surface area contributed by atoms with Crippen LogP contribution in [0.15, 0.2) is 18.2 Å². The summed E-state index contributed by atoms with van der Waals surface area (Å²) in [6.45, 7) is -1.27. The van der Waals surface area contributed by atoms with Crippen molar-refractivity contribution >= 4 is 35.1 Å². The predicted octanol–water partition coefficient (Wildman–Crippen LogP) is 0.425. The van der Waals surface area contributed by atoms with Crippen LogP contribution in [-0.2, 0) is 25.3 Å². The third-order valence-corrected chi connectivity index (χ3v) is 4.10. The molecule has 1 saturated heterocycles. The Morgan fingerprint density at radius 3 is 2.47 bits per heavy atom. The summed E-state index contributed by atoms with van der Waals surface area (Å²) >= 11 is 0. The van der Waals surface area contributed by atoms with Gasteiger partial charge in [-0.05, 0) is 18.2 Å². The molecule has 176 valence electrons. The molecule has 0 radical (unpaired) electrons. The van der Waals surface area contributed by atoms with Crippen molar-refractivity contribution in [3.8, 4) is 0 Å². The van der Waals surface area contributed by atoms with E-state index in [1.54, 1.807) is 10.6 Å². The molecule has 0 aliphatic carbocycles. The summed E-state index contributed by atoms with van der Waals surface area (Å²) < 4.78 is 69.9. The lowest BCUT2D eigenvalue weighted by Crippen LogP contribution is -2.55. The highest BCUT2D eigenvalue weighted by Gasteiger charge is 2.36. The van der Waals surface area contributed by atoms with Gasteiger partial charge in [0.25, 0.3) is 18.2 Å². The van der Waals surface area contributed by atoms with Gasteiger partial charge in [-0.25, -0.2) is 13.6 Å². The molecule has 0 spiro atoms. The van der Waals surface area contributed by atoms with E-state index in [0.717, 1.165) is 17.0 Å². The number of benzene rings is 1. The topological polar surface area (TPSA) is 143 Å². The van der Waals surface area contributed by atoms with E-state index in [1.807, 2.05) is 5.32 Å². The second-order valence-electron chi connectivity index (χ2n) is 6.40. The first-order valence-electron chi connectivity index (χ1n) is 8.92. The second kappa shape index (κ2) is 10.2. The van der Waals surface area contributed by atoms with Crippen LogP contribution >= 0.6 is 0 Å². The minimum Gasteiger partial charge on any atom is -0.370 e. The minimum absolute atomic E-state index is 0.0171. The summed E-state index contributed by atoms with van der Waals surface area (Å²) in [6, 6.07) is -0.902. The maximum atomic E-state index is 13.6. The molecule has 5 N–H and O–H groups in total. The van der Waals surface area contributed by atoms with E-state index < -0.39 is 60.2 Å². The smallest absolute Gasteiger partial charge is 0.370 e. The highest BCUT2D eigenvalue weighted by atomic mass is 19.4. The van der Waals surface area contributed by atoms with Crippen LogP contribution in [0.5, 0.6) is 0 Å². The first kappa shape index (κ1) is 24.8. The molecule has 10 nitrogen and oxygen atoms in total. The monoisotopic (exact) mass is 467 g/mol. The zero-order chi connectivity index (χ0) is 24.1. The number of hydrogen-bond acceptors (Lipinski definition) is 5. The van der Waals surface area contributed by atoms with Gasteiger partial charge < -0.3 is 31.3 Å². The Hall–Kier alpha value is -3.49. The molecule has 0 unspecified atom stereocenters. The molecule has 5 amide bonds. The molecule has 1 aliphatic rings. The predicted molar refractivity (Wildman–Crippen MR) is 98.8 cm³/mol. The summed E-state index contributed by atoms with van der Waals surface area (Å²) in [5, 5.41) is 5.19. The van der Waals surface area contributed by atoms with E-state index in [0.29, 0.717) is 6.07 Å². The maximum Gasteiger partial charge on any atom is 0.418 e. The van der Waals surface area contributed by atoms with Crippen molar-refractivity contribution in [3.63, 3.8) is 0 Å². The number of alkyl halides is 5. The number of anilines is 2. The molecule has 1 heterocycles. The quantitative estimate of drug-likeness (QED) is 0.340. The largest absolute Gasteiger partial charge is 0.418 e. The number of ether oxygens (including phenoxy) is 1. The van der Waals surface area contributed by atoms with Gasteiger partial charge >= 0.3 is 12.2 Å². The molecule has 1 aromatic carbocycles. The average Bonchev–Trinajstić information content (AvgIpc) is 2.70. The van der Waals surface area contributed by atoms with Gasteiger partial charge in [-0.3, -0.25) is 14.4 Å². The number of nitrogens with zero attached hydrogens (tertiary/aromatic N) is 1. The molecule has 0 aromatic heterocycles. The van der Waals surface area contributed by atoms with Crippen molar-refractivity contribution in [1.29, 1.82) is 0 Å². The normalized spacial score (nSPS) is 15.3. The zero-order valence-corrected chi connectivity index (χ0v) is 16.2. The lowest BCUT2D eigenvalue weighted by atomic mass is 10.1. The maximum absolute atomic E-state index is 13.6. The van der Waals surface area contributed by atoms with Crippen LogP contribution < -0.4 is 26.6 Å². The number of nitrogens with two attached hydrogens (primary N) is 1. The van der Waals surface area contributed by atoms with E-state index in [9.17, 15) is 41.1 Å². The molecule has 1 atom stereocenters. The number of carbonyl (C=O) groups is 4. The van der Waals surface area contributed by atoms with Crippen LogP contribution in [0.1, 0.15) is 5.56 Å². The number of rotatable bonds is 7. The lowest BCUT2D eigenvalue weighted by molar-refractivity contribution is -0.137. The van der Waals surface area contributed by atoms with Crippen LogP contribution in [-0.4, -0.2) is 62.5 Å². The van der Waals surface area contributed by atoms with Gasteiger partial charge in [0.1, 0.15) is 6.61 Å². The second-order valence-corrected chi connectivity index (χ2v) is 6.40. The van der Waals surface area contributed by atoms with Gasteiger partial charge in [0.2, 0.25) is 5.91 Å². The molecule has 1 aliphatic heterocycles. The SMILES string of the molecule is NC(=O)[C@H](NC(=O)NCC(F)F)C(=O)Nc1ccc(N2CCOCC2=O)cc1C(F)(F)F. The van der Waals surface area contributed by atoms with Gasteiger partial charge in [0, 0.05) is 12.2 Å². The molecular weight excluding hydrogens is 449 g/mol. The van der Waals surface area contributed by atoms with Crippen LogP contribution in [0, 0.1) is 0 Å². The number of nitrogens with one attached hydrogen (secondary N) is 3. The Bertz CT molecular complexity index is 895. The highest BCUT2D eigenvalue weighted by Crippen LogP contribution is 2.37. The third kappa shape index (κ3) is 6.50. The number of carbonyl (C=O) groups excluding carboxylic acids is 4. The first-order valence-corrected chi connectivity index (χ1v) is 8.92. The van der Waals surface area contributed by atoms with Crippen molar-refractivity contribution in [1.82, 2.24) is 10.6 Å². The Balaban J connectivity index is 2.25. The molecule has 32 heavy (non-hydrogen) atoms. The van der Waals surface area contributed by atoms with Gasteiger partial charge in [-0.15, -0.1) is 0 Å². The molecule has 0 bridgehead atoms. The third-order valence-electron chi connectivity index (χ3n) is 4.10. The zero-order valence-electron chi connectivity index (χ0n) is 16.2. The van der Waals surface area contributed by atoms with E-state index in [2.05, 4.69) is 0 Å². The van der Waals surface area contributed by atoms with E-state index in [-0.39, 0.29) is 25.4 Å². The number of amides is 5. The van der Waals surface area contributed by atoms with Crippen LogP contribution in [0.3, 0.4) is 0 Å². The standard InChI is InChI=1S/C17H18F5N5O5/c18-11(19)6-24-16(31)26-13(14(23)29)15(30)25-10-2-1-8(5-9(10)17(20,21)22)27-3-4-32-7-12(27)28/h1-2,5,11,13H,3-4,6-7H2,(H2,23,29)(H,25,30)(H2,24,26,31)/t13-/m0/s1. The van der Waals surface area contributed by atoms with Crippen LogP contribution in [0.4, 0.5) is 38.1 Å². The molecule has 0 saturated carbocycles. The summed E-state index contributed by atoms with van der Waals surface area (Å²) in [6.07, 6.45) is -7.90. The van der Waals surface area contributed by atoms with Crippen molar-refractivity contribution in [2.24, 2.45) is 5.73 Å². The molecule has 1 aromatic rings. The number of primary amides is 1. The first-order chi connectivity index (χ1) is 14.9. The Morgan fingerprint density at radius 2 is 1.91 bits per heavy atom. The summed E-state index contributed by atoms with van der Waals surface area (Å²) in [4.78, 5) is 48.3. The van der Waals surface area contributed by atoms with Crippen LogP contribution in [0.2, 0.25) is 0 Å². The molecular formula is C17H18F5N5O5. The Kier molecular flexibility index (Phi) is 7.91. The molecule has 15 heteroatoms. The lowest BCUT2D eigenvalue weighted by Gasteiger charge is -2.28. The number of morpholine rings is 1. The van der Waals surface area contributed by atoms with Crippen molar-refractivity contribution < 1.29 is 45.9 Å². The fourth-order valence-corrected chi connectivity index (χ4v) is 2.66. The summed E-state index contributed by atoms with van der Waals surface area (Å²) in [5.74, 6) is -3.45. The molecule has 1 fully saturated rings. The molecule has 2 rings (SSSR count). The Morgan fingerprint density at radius 1 is 1.22 bits per heavy atom. The van der Waals surface area contributed by atoms with Gasteiger partial charge in [0.15, 0.2) is 6.04 Å². The minimum atomic E-state index is -4.97. The number of hydrogen-bond donors (Lipinski definition) is 4. The van der Waals surface area contributed by atoms with Gasteiger partial charge in [-0.2, -0.15) is 13.2 Å². The highest BCUT2D eigenvalue weighted by molar-refractivity contribution is 6.11. The number of halogens is 5. The van der Waals surface area contributed by atoms with Crippen molar-refractivity contribution in [3.05, 3.63) is 23.8 Å². The van der Waals surface area contributed by atoms with E-state index in [4.69, 9.17) is 10.5 Å². The van der Waals surface area contributed by atoms with Crippen molar-refractivity contribution in [2.45, 2.75) is 18.6 Å². The Labute approximate surface area is 177 Å². The summed E-state index contributed by atoms with van der Waals surface area (Å²) in [5.41, 5.74) is 2.77. The van der Waals surface area contributed by atoms with Gasteiger partial charge in [0.05, 0.1) is 24.4 Å². The number of urea groups is 1.